The highest BCUT2D eigenvalue weighted by molar-refractivity contribution is 6.50. The molecule has 2 aromatic carbocycles. The van der Waals surface area contributed by atoms with Crippen LogP contribution in [0.1, 0.15) is 29.5 Å². The van der Waals surface area contributed by atoms with Crippen molar-refractivity contribution in [3.8, 4) is 0 Å². The molecule has 1 fully saturated rings. The van der Waals surface area contributed by atoms with E-state index in [4.69, 9.17) is 9.15 Å². The summed E-state index contributed by atoms with van der Waals surface area (Å²) >= 11 is 0. The van der Waals surface area contributed by atoms with Gasteiger partial charge in [-0.15, -0.1) is 12.4 Å². The molecule has 7 nitrogen and oxygen atoms in total. The second-order valence-corrected chi connectivity index (χ2v) is 9.86. The number of hydrogen-bond donors (Lipinski definition) is 1. The van der Waals surface area contributed by atoms with Gasteiger partial charge in [-0.3, -0.25) is 19.8 Å². The van der Waals surface area contributed by atoms with E-state index in [1.807, 2.05) is 24.3 Å². The van der Waals surface area contributed by atoms with Gasteiger partial charge >= 0.3 is 0 Å². The van der Waals surface area contributed by atoms with Crippen molar-refractivity contribution >= 4 is 57.2 Å². The van der Waals surface area contributed by atoms with Gasteiger partial charge in [-0.25, -0.2) is 0 Å². The Morgan fingerprint density at radius 2 is 1.65 bits per heavy atom. The number of carbonyl (C=O) groups excluding carboxylic acids is 2. The van der Waals surface area contributed by atoms with Gasteiger partial charge in [-0.05, 0) is 30.9 Å². The average Bonchev–Trinajstić information content (AvgIpc) is 3.58. The van der Waals surface area contributed by atoms with E-state index in [1.54, 1.807) is 6.26 Å². The van der Waals surface area contributed by atoms with E-state index in [0.29, 0.717) is 28.3 Å². The fourth-order valence-electron chi connectivity index (χ4n) is 6.20. The van der Waals surface area contributed by atoms with Gasteiger partial charge in [0.1, 0.15) is 5.58 Å². The zero-order valence-electron chi connectivity index (χ0n) is 20.4. The van der Waals surface area contributed by atoms with Gasteiger partial charge in [0.15, 0.2) is 0 Å². The first-order valence-electron chi connectivity index (χ1n) is 12.7. The number of furan rings is 1. The van der Waals surface area contributed by atoms with Crippen molar-refractivity contribution in [1.82, 2.24) is 14.8 Å². The van der Waals surface area contributed by atoms with Crippen LogP contribution in [0.15, 0.2) is 59.3 Å². The Kier molecular flexibility index (Phi) is 6.15. The number of nitrogens with one attached hydrogen (secondary N) is 1. The highest BCUT2D eigenvalue weighted by Crippen LogP contribution is 2.39. The number of hydrogen-bond acceptors (Lipinski definition) is 5. The van der Waals surface area contributed by atoms with E-state index in [2.05, 4.69) is 39.2 Å². The van der Waals surface area contributed by atoms with Crippen LogP contribution >= 0.6 is 12.4 Å². The molecule has 2 amide bonds. The normalized spacial score (nSPS) is 19.2. The van der Waals surface area contributed by atoms with E-state index in [-0.39, 0.29) is 24.2 Å². The summed E-state index contributed by atoms with van der Waals surface area (Å²) in [6.45, 7) is 4.45. The van der Waals surface area contributed by atoms with Crippen LogP contribution in [0.5, 0.6) is 0 Å². The van der Waals surface area contributed by atoms with Gasteiger partial charge in [0.05, 0.1) is 22.9 Å². The molecule has 0 aliphatic carbocycles. The lowest BCUT2D eigenvalue weighted by atomic mass is 9.94. The standard InChI is InChI=1S/C29H27N3O4.ClH/c33-28-24(22-6-2-4-19-8-16-36-27(19)22)25(29(34)30-28)23-17-32-13-12-31(20-9-14-35-15-10-20)11-7-18-3-1-5-21(23)26(18)32;/h1-6,8,16-17,20H,7,9-15H2,(H,30,33,34);1H. The third-order valence-electron chi connectivity index (χ3n) is 7.93. The minimum Gasteiger partial charge on any atom is -0.464 e. The van der Waals surface area contributed by atoms with Gasteiger partial charge in [0.2, 0.25) is 0 Å². The number of aromatic nitrogens is 1. The molecule has 7 rings (SSSR count). The summed E-state index contributed by atoms with van der Waals surface area (Å²) in [6, 6.07) is 14.4. The Bertz CT molecular complexity index is 1560. The lowest BCUT2D eigenvalue weighted by molar-refractivity contribution is -0.122. The van der Waals surface area contributed by atoms with Gasteiger partial charge in [0.25, 0.3) is 11.8 Å². The van der Waals surface area contributed by atoms with Gasteiger partial charge < -0.3 is 13.7 Å². The lowest BCUT2D eigenvalue weighted by Gasteiger charge is -2.35. The minimum absolute atomic E-state index is 0. The third kappa shape index (κ3) is 3.89. The number of amides is 2. The molecule has 0 spiro atoms. The molecule has 0 saturated carbocycles. The van der Waals surface area contributed by atoms with Gasteiger partial charge in [-0.1, -0.05) is 36.4 Å². The van der Waals surface area contributed by atoms with Crippen molar-refractivity contribution in [2.75, 3.05) is 26.3 Å². The third-order valence-corrected chi connectivity index (χ3v) is 7.93. The maximum Gasteiger partial charge on any atom is 0.259 e. The minimum atomic E-state index is -0.383. The summed E-state index contributed by atoms with van der Waals surface area (Å²) in [6.07, 6.45) is 6.77. The van der Waals surface area contributed by atoms with Crippen molar-refractivity contribution in [2.45, 2.75) is 31.8 Å². The SMILES string of the molecule is Cl.O=C1NC(=O)C(c2cccc3ccoc23)=C1c1cn2c3c(cccc13)CCN(C1CCOCC1)CC2. The van der Waals surface area contributed by atoms with Crippen LogP contribution < -0.4 is 5.32 Å². The molecule has 190 valence electrons. The van der Waals surface area contributed by atoms with Crippen molar-refractivity contribution in [2.24, 2.45) is 0 Å². The zero-order chi connectivity index (χ0) is 24.2. The van der Waals surface area contributed by atoms with Crippen molar-refractivity contribution in [1.29, 1.82) is 0 Å². The maximum absolute atomic E-state index is 13.2. The predicted octanol–water partition coefficient (Wildman–Crippen LogP) is 4.41. The fraction of sp³-hybridized carbons (Fsp3) is 0.310. The van der Waals surface area contributed by atoms with E-state index < -0.39 is 0 Å². The van der Waals surface area contributed by atoms with Gasteiger partial charge in [-0.2, -0.15) is 0 Å². The molecule has 2 aromatic heterocycles. The molecular formula is C29H28ClN3O4. The molecular weight excluding hydrogens is 490 g/mol. The maximum atomic E-state index is 13.2. The number of carbonyl (C=O) groups is 2. The Hall–Kier alpha value is -3.39. The Morgan fingerprint density at radius 3 is 2.49 bits per heavy atom. The predicted molar refractivity (Wildman–Crippen MR) is 144 cm³/mol. The zero-order valence-corrected chi connectivity index (χ0v) is 21.2. The molecule has 37 heavy (non-hydrogen) atoms. The van der Waals surface area contributed by atoms with E-state index in [9.17, 15) is 9.59 Å². The Balaban J connectivity index is 0.00000252. The van der Waals surface area contributed by atoms with Gasteiger partial charge in [0, 0.05) is 67.0 Å². The Labute approximate surface area is 220 Å². The first-order valence-corrected chi connectivity index (χ1v) is 12.7. The van der Waals surface area contributed by atoms with Crippen molar-refractivity contribution in [3.63, 3.8) is 0 Å². The smallest absolute Gasteiger partial charge is 0.259 e. The largest absolute Gasteiger partial charge is 0.464 e. The molecule has 1 saturated heterocycles. The van der Waals surface area contributed by atoms with E-state index >= 15 is 0 Å². The number of ether oxygens (including phenoxy) is 1. The number of imide groups is 1. The fourth-order valence-corrected chi connectivity index (χ4v) is 6.20. The van der Waals surface area contributed by atoms with Crippen molar-refractivity contribution < 1.29 is 18.7 Å². The monoisotopic (exact) mass is 517 g/mol. The first kappa shape index (κ1) is 24.0. The summed E-state index contributed by atoms with van der Waals surface area (Å²) in [5.74, 6) is -0.743. The van der Waals surface area contributed by atoms with Crippen LogP contribution in [0, 0.1) is 0 Å². The molecule has 3 aliphatic rings. The molecule has 1 N–H and O–H groups in total. The van der Waals surface area contributed by atoms with Crippen LogP contribution in [0.2, 0.25) is 0 Å². The highest BCUT2D eigenvalue weighted by atomic mass is 35.5. The number of rotatable bonds is 3. The van der Waals surface area contributed by atoms with E-state index in [0.717, 1.165) is 74.0 Å². The average molecular weight is 518 g/mol. The molecule has 0 bridgehead atoms. The van der Waals surface area contributed by atoms with Crippen LogP contribution in [-0.2, 0) is 27.3 Å². The molecule has 5 heterocycles. The summed E-state index contributed by atoms with van der Waals surface area (Å²) < 4.78 is 13.6. The second kappa shape index (κ2) is 9.49. The van der Waals surface area contributed by atoms with Crippen LogP contribution in [0.25, 0.3) is 33.0 Å². The summed E-state index contributed by atoms with van der Waals surface area (Å²) in [5.41, 5.74) is 5.29. The van der Waals surface area contributed by atoms with Crippen LogP contribution in [0.3, 0.4) is 0 Å². The first-order chi connectivity index (χ1) is 17.7. The Morgan fingerprint density at radius 1 is 0.865 bits per heavy atom. The summed E-state index contributed by atoms with van der Waals surface area (Å²) in [4.78, 5) is 28.9. The number of benzene rings is 2. The van der Waals surface area contributed by atoms with E-state index in [1.165, 1.54) is 5.56 Å². The number of nitrogens with zero attached hydrogens (tertiary/aromatic N) is 2. The van der Waals surface area contributed by atoms with Crippen LogP contribution in [-0.4, -0.2) is 53.6 Å². The topological polar surface area (TPSA) is 76.7 Å². The number of halogens is 1. The molecule has 0 atom stereocenters. The molecule has 8 heteroatoms. The molecule has 3 aliphatic heterocycles. The highest BCUT2D eigenvalue weighted by Gasteiger charge is 2.35. The summed E-state index contributed by atoms with van der Waals surface area (Å²) in [5, 5.41) is 4.45. The lowest BCUT2D eigenvalue weighted by Crippen LogP contribution is -2.42. The molecule has 4 aromatic rings. The van der Waals surface area contributed by atoms with Crippen molar-refractivity contribution in [3.05, 3.63) is 71.6 Å². The quantitative estimate of drug-likeness (QED) is 0.407. The number of para-hydroxylation sites is 2. The molecule has 0 radical (unpaired) electrons. The summed E-state index contributed by atoms with van der Waals surface area (Å²) in [7, 11) is 0. The molecule has 0 unspecified atom stereocenters. The second-order valence-electron chi connectivity index (χ2n) is 9.86. The van der Waals surface area contributed by atoms with Crippen LogP contribution in [0.4, 0.5) is 0 Å². The number of fused-ring (bicyclic) bond motifs is 1.